The minimum atomic E-state index is -0.0477. The minimum Gasteiger partial charge on any atom is -0.308 e. The topological polar surface area (TPSA) is 86.5 Å². The van der Waals surface area contributed by atoms with Gasteiger partial charge in [-0.1, -0.05) is 12.8 Å². The largest absolute Gasteiger partial charge is 0.308 e. The van der Waals surface area contributed by atoms with Crippen LogP contribution in [0.2, 0.25) is 0 Å². The van der Waals surface area contributed by atoms with E-state index in [1.807, 2.05) is 13.0 Å². The van der Waals surface area contributed by atoms with Gasteiger partial charge in [0.1, 0.15) is 10.5 Å². The van der Waals surface area contributed by atoms with Crippen molar-refractivity contribution in [3.63, 3.8) is 0 Å². The van der Waals surface area contributed by atoms with Crippen molar-refractivity contribution < 1.29 is 0 Å². The number of hydrogen-bond acceptors (Lipinski definition) is 5. The number of H-pyrrole nitrogens is 2. The van der Waals surface area contributed by atoms with Gasteiger partial charge in [-0.05, 0) is 32.4 Å². The van der Waals surface area contributed by atoms with Gasteiger partial charge in [0.05, 0.1) is 17.8 Å². The third kappa shape index (κ3) is 2.70. The van der Waals surface area contributed by atoms with Gasteiger partial charge in [0, 0.05) is 16.1 Å². The van der Waals surface area contributed by atoms with Crippen LogP contribution in [-0.4, -0.2) is 26.7 Å². The molecule has 3 aromatic rings. The number of rotatable bonds is 2. The number of aromatic nitrogens is 4. The normalized spacial score (nSPS) is 19.1. The van der Waals surface area contributed by atoms with Gasteiger partial charge in [-0.15, -0.1) is 11.3 Å². The first-order valence-electron chi connectivity index (χ1n) is 8.00. The summed E-state index contributed by atoms with van der Waals surface area (Å²) in [5.74, 6) is 0.762. The lowest BCUT2D eigenvalue weighted by atomic mass is 10.1. The minimum absolute atomic E-state index is 0.0477. The van der Waals surface area contributed by atoms with Crippen LogP contribution in [0.15, 0.2) is 17.1 Å². The molecule has 0 spiro atoms. The van der Waals surface area contributed by atoms with Crippen molar-refractivity contribution >= 4 is 21.6 Å². The van der Waals surface area contributed by atoms with Crippen molar-refractivity contribution in [2.45, 2.75) is 38.6 Å². The molecule has 3 aromatic heterocycles. The summed E-state index contributed by atoms with van der Waals surface area (Å²) >= 11 is 1.47. The fourth-order valence-corrected chi connectivity index (χ4v) is 4.18. The van der Waals surface area contributed by atoms with Crippen molar-refractivity contribution in [3.05, 3.63) is 34.1 Å². The fraction of sp³-hybridized carbons (Fsp3) is 0.438. The van der Waals surface area contributed by atoms with Crippen LogP contribution < -0.4 is 10.9 Å². The van der Waals surface area contributed by atoms with Crippen LogP contribution >= 0.6 is 11.3 Å². The Morgan fingerprint density at radius 3 is 3.04 bits per heavy atom. The van der Waals surface area contributed by atoms with Gasteiger partial charge in [0.25, 0.3) is 5.56 Å². The van der Waals surface area contributed by atoms with Gasteiger partial charge >= 0.3 is 0 Å². The summed E-state index contributed by atoms with van der Waals surface area (Å²) in [6.45, 7) is 2.96. The quantitative estimate of drug-likeness (QED) is 0.675. The molecular formula is C16H19N5OS. The van der Waals surface area contributed by atoms with Crippen LogP contribution in [0, 0.1) is 6.92 Å². The Morgan fingerprint density at radius 1 is 1.30 bits per heavy atom. The SMILES string of the molecule is Cc1[nH]ncc1-c1cc2nc([C@@H]3CCCCCN3)[nH]c(=O)c2s1. The predicted molar refractivity (Wildman–Crippen MR) is 91.8 cm³/mol. The first-order chi connectivity index (χ1) is 11.2. The summed E-state index contributed by atoms with van der Waals surface area (Å²) in [5, 5.41) is 10.5. The maximum Gasteiger partial charge on any atom is 0.268 e. The standard InChI is InChI=1S/C16H19N5OS/c1-9-10(8-18-21-9)13-7-12-14(23-13)16(22)20-15(19-12)11-5-3-2-4-6-17-11/h7-8,11,17H,2-6H2,1H3,(H,18,21)(H,19,20,22)/t11-/m0/s1. The molecule has 0 radical (unpaired) electrons. The Bertz CT molecular complexity index is 885. The van der Waals surface area contributed by atoms with Crippen molar-refractivity contribution in [3.8, 4) is 10.4 Å². The number of hydrogen-bond donors (Lipinski definition) is 3. The summed E-state index contributed by atoms with van der Waals surface area (Å²) in [7, 11) is 0. The smallest absolute Gasteiger partial charge is 0.268 e. The zero-order valence-corrected chi connectivity index (χ0v) is 13.8. The summed E-state index contributed by atoms with van der Waals surface area (Å²) in [6, 6.07) is 2.14. The Kier molecular flexibility index (Phi) is 3.74. The fourth-order valence-electron chi connectivity index (χ4n) is 3.12. The molecule has 7 heteroatoms. The first-order valence-corrected chi connectivity index (χ1v) is 8.81. The highest BCUT2D eigenvalue weighted by molar-refractivity contribution is 7.22. The second kappa shape index (κ2) is 5.90. The third-order valence-electron chi connectivity index (χ3n) is 4.39. The average molecular weight is 329 g/mol. The molecule has 1 aliphatic rings. The molecule has 4 heterocycles. The molecule has 4 rings (SSSR count). The number of aromatic amines is 2. The lowest BCUT2D eigenvalue weighted by Gasteiger charge is -2.14. The molecule has 0 bridgehead atoms. The van der Waals surface area contributed by atoms with E-state index < -0.39 is 0 Å². The van der Waals surface area contributed by atoms with Crippen LogP contribution in [-0.2, 0) is 0 Å². The molecule has 0 aromatic carbocycles. The Morgan fingerprint density at radius 2 is 2.22 bits per heavy atom. The lowest BCUT2D eigenvalue weighted by Crippen LogP contribution is -2.24. The zero-order valence-electron chi connectivity index (χ0n) is 13.0. The molecule has 1 saturated heterocycles. The Labute approximate surface area is 137 Å². The molecule has 3 N–H and O–H groups in total. The second-order valence-electron chi connectivity index (χ2n) is 6.04. The Hall–Kier alpha value is -1.99. The van der Waals surface area contributed by atoms with Crippen LogP contribution in [0.5, 0.6) is 0 Å². The predicted octanol–water partition coefficient (Wildman–Crippen LogP) is 2.89. The highest BCUT2D eigenvalue weighted by Gasteiger charge is 2.19. The number of nitrogens with zero attached hydrogens (tertiary/aromatic N) is 2. The molecule has 120 valence electrons. The second-order valence-corrected chi connectivity index (χ2v) is 7.09. The van der Waals surface area contributed by atoms with E-state index >= 15 is 0 Å². The maximum absolute atomic E-state index is 12.5. The van der Waals surface area contributed by atoms with E-state index in [9.17, 15) is 4.79 Å². The van der Waals surface area contributed by atoms with E-state index in [0.717, 1.165) is 40.4 Å². The van der Waals surface area contributed by atoms with Gasteiger partial charge in [0.15, 0.2) is 0 Å². The highest BCUT2D eigenvalue weighted by Crippen LogP contribution is 2.32. The summed E-state index contributed by atoms with van der Waals surface area (Å²) < 4.78 is 0.679. The van der Waals surface area contributed by atoms with Gasteiger partial charge in [-0.3, -0.25) is 9.89 Å². The van der Waals surface area contributed by atoms with Gasteiger partial charge in [-0.2, -0.15) is 5.10 Å². The molecule has 0 aliphatic carbocycles. The summed E-state index contributed by atoms with van der Waals surface area (Å²) in [5.41, 5.74) is 2.75. The van der Waals surface area contributed by atoms with E-state index in [1.54, 1.807) is 6.20 Å². The van der Waals surface area contributed by atoms with Gasteiger partial charge in [0.2, 0.25) is 0 Å². The monoisotopic (exact) mass is 329 g/mol. The summed E-state index contributed by atoms with van der Waals surface area (Å²) in [4.78, 5) is 21.2. The average Bonchev–Trinajstić information content (AvgIpc) is 3.04. The third-order valence-corrected chi connectivity index (χ3v) is 5.54. The number of thiophene rings is 1. The van der Waals surface area contributed by atoms with E-state index in [4.69, 9.17) is 4.98 Å². The molecular weight excluding hydrogens is 310 g/mol. The van der Waals surface area contributed by atoms with E-state index in [0.29, 0.717) is 4.70 Å². The van der Waals surface area contributed by atoms with Crippen molar-refractivity contribution in [2.75, 3.05) is 6.54 Å². The molecule has 6 nitrogen and oxygen atoms in total. The van der Waals surface area contributed by atoms with Crippen LogP contribution in [0.3, 0.4) is 0 Å². The van der Waals surface area contributed by atoms with E-state index in [-0.39, 0.29) is 11.6 Å². The van der Waals surface area contributed by atoms with E-state index in [1.165, 1.54) is 30.6 Å². The number of aryl methyl sites for hydroxylation is 1. The number of fused-ring (bicyclic) bond motifs is 1. The molecule has 1 fully saturated rings. The molecule has 0 amide bonds. The van der Waals surface area contributed by atoms with Crippen LogP contribution in [0.1, 0.15) is 43.2 Å². The lowest BCUT2D eigenvalue weighted by molar-refractivity contribution is 0.508. The zero-order chi connectivity index (χ0) is 15.8. The molecule has 23 heavy (non-hydrogen) atoms. The molecule has 1 aliphatic heterocycles. The van der Waals surface area contributed by atoms with Crippen molar-refractivity contribution in [1.29, 1.82) is 0 Å². The van der Waals surface area contributed by atoms with Crippen LogP contribution in [0.25, 0.3) is 20.7 Å². The van der Waals surface area contributed by atoms with Gasteiger partial charge in [-0.25, -0.2) is 4.98 Å². The number of nitrogens with one attached hydrogen (secondary N) is 3. The molecule has 0 saturated carbocycles. The summed E-state index contributed by atoms with van der Waals surface area (Å²) in [6.07, 6.45) is 6.40. The molecule has 1 atom stereocenters. The Balaban J connectivity index is 1.78. The van der Waals surface area contributed by atoms with Gasteiger partial charge < -0.3 is 10.3 Å². The maximum atomic E-state index is 12.5. The first kappa shape index (κ1) is 14.6. The van der Waals surface area contributed by atoms with Crippen LogP contribution in [0.4, 0.5) is 0 Å². The molecule has 0 unspecified atom stereocenters. The van der Waals surface area contributed by atoms with E-state index in [2.05, 4.69) is 20.5 Å². The van der Waals surface area contributed by atoms with Crippen molar-refractivity contribution in [1.82, 2.24) is 25.5 Å². The highest BCUT2D eigenvalue weighted by atomic mass is 32.1. The van der Waals surface area contributed by atoms with Crippen molar-refractivity contribution in [2.24, 2.45) is 0 Å².